The van der Waals surface area contributed by atoms with Crippen molar-refractivity contribution < 1.29 is 14.6 Å². The first-order valence-corrected chi connectivity index (χ1v) is 5.86. The van der Waals surface area contributed by atoms with Gasteiger partial charge in [-0.05, 0) is 42.0 Å². The van der Waals surface area contributed by atoms with Gasteiger partial charge < -0.3 is 9.84 Å². The molecule has 0 aliphatic rings. The third-order valence-corrected chi connectivity index (χ3v) is 2.49. The lowest BCUT2D eigenvalue weighted by Crippen LogP contribution is -2.03. The molecule has 1 N–H and O–H groups in total. The van der Waals surface area contributed by atoms with Gasteiger partial charge in [-0.1, -0.05) is 18.2 Å². The van der Waals surface area contributed by atoms with Crippen LogP contribution >= 0.6 is 0 Å². The van der Waals surface area contributed by atoms with Crippen LogP contribution < -0.4 is 4.74 Å². The van der Waals surface area contributed by atoms with E-state index < -0.39 is 5.97 Å². The van der Waals surface area contributed by atoms with E-state index in [0.29, 0.717) is 11.3 Å². The molecule has 0 fully saturated rings. The lowest BCUT2D eigenvalue weighted by atomic mass is 10.2. The SMILES string of the molecule is N#Cc1cccc(OC(=O)/C=C/c2ccc(O)cc2)c1. The van der Waals surface area contributed by atoms with Gasteiger partial charge in [0, 0.05) is 6.08 Å². The Bertz CT molecular complexity index is 682. The van der Waals surface area contributed by atoms with Crippen LogP contribution in [0.1, 0.15) is 11.1 Å². The minimum atomic E-state index is -0.534. The number of ether oxygens (including phenoxy) is 1. The van der Waals surface area contributed by atoms with Crippen molar-refractivity contribution in [3.8, 4) is 17.6 Å². The second kappa shape index (κ2) is 6.21. The van der Waals surface area contributed by atoms with Gasteiger partial charge in [-0.3, -0.25) is 0 Å². The molecule has 0 aliphatic carbocycles. The molecule has 0 aliphatic heterocycles. The monoisotopic (exact) mass is 265 g/mol. The van der Waals surface area contributed by atoms with Gasteiger partial charge in [0.05, 0.1) is 11.6 Å². The average molecular weight is 265 g/mol. The van der Waals surface area contributed by atoms with Crippen molar-refractivity contribution in [2.45, 2.75) is 0 Å². The van der Waals surface area contributed by atoms with Crippen molar-refractivity contribution in [3.05, 3.63) is 65.7 Å². The number of aromatic hydroxyl groups is 1. The zero-order valence-corrected chi connectivity index (χ0v) is 10.5. The van der Waals surface area contributed by atoms with E-state index in [-0.39, 0.29) is 5.75 Å². The van der Waals surface area contributed by atoms with Crippen LogP contribution in [-0.4, -0.2) is 11.1 Å². The minimum Gasteiger partial charge on any atom is -0.508 e. The van der Waals surface area contributed by atoms with Crippen molar-refractivity contribution in [1.29, 1.82) is 5.26 Å². The average Bonchev–Trinajstić information content (AvgIpc) is 2.47. The summed E-state index contributed by atoms with van der Waals surface area (Å²) in [6.45, 7) is 0. The first-order chi connectivity index (χ1) is 9.67. The van der Waals surface area contributed by atoms with Crippen LogP contribution in [0.15, 0.2) is 54.6 Å². The number of nitrogens with zero attached hydrogens (tertiary/aromatic N) is 1. The summed E-state index contributed by atoms with van der Waals surface area (Å²) in [7, 11) is 0. The summed E-state index contributed by atoms with van der Waals surface area (Å²) in [6, 6.07) is 14.8. The van der Waals surface area contributed by atoms with Crippen molar-refractivity contribution >= 4 is 12.0 Å². The molecule has 0 saturated carbocycles. The predicted octanol–water partition coefficient (Wildman–Crippen LogP) is 2.88. The van der Waals surface area contributed by atoms with E-state index in [1.807, 2.05) is 6.07 Å². The van der Waals surface area contributed by atoms with E-state index in [9.17, 15) is 4.79 Å². The van der Waals surface area contributed by atoms with E-state index in [2.05, 4.69) is 0 Å². The molecule has 0 heterocycles. The minimum absolute atomic E-state index is 0.165. The molecule has 0 radical (unpaired) electrons. The molecule has 2 aromatic rings. The topological polar surface area (TPSA) is 70.3 Å². The molecule has 0 bridgehead atoms. The van der Waals surface area contributed by atoms with E-state index in [1.165, 1.54) is 24.3 Å². The fourth-order valence-corrected chi connectivity index (χ4v) is 1.53. The second-order valence-corrected chi connectivity index (χ2v) is 3.99. The molecule has 2 rings (SSSR count). The van der Waals surface area contributed by atoms with Crippen LogP contribution in [-0.2, 0) is 4.79 Å². The van der Waals surface area contributed by atoms with Gasteiger partial charge in [0.1, 0.15) is 11.5 Å². The van der Waals surface area contributed by atoms with Crippen LogP contribution in [0, 0.1) is 11.3 Å². The van der Waals surface area contributed by atoms with Crippen molar-refractivity contribution in [2.24, 2.45) is 0 Å². The molecule has 4 nitrogen and oxygen atoms in total. The van der Waals surface area contributed by atoms with E-state index in [1.54, 1.807) is 36.4 Å². The number of phenolic OH excluding ortho intramolecular Hbond substituents is 1. The van der Waals surface area contributed by atoms with Gasteiger partial charge in [-0.15, -0.1) is 0 Å². The quantitative estimate of drug-likeness (QED) is 0.526. The molecule has 98 valence electrons. The summed E-state index contributed by atoms with van der Waals surface area (Å²) in [5.74, 6) is -0.0457. The Kier molecular flexibility index (Phi) is 4.15. The number of hydrogen-bond donors (Lipinski definition) is 1. The van der Waals surface area contributed by atoms with E-state index in [4.69, 9.17) is 15.1 Å². The Morgan fingerprint density at radius 2 is 1.95 bits per heavy atom. The van der Waals surface area contributed by atoms with Crippen LogP contribution in [0.4, 0.5) is 0 Å². The zero-order valence-electron chi connectivity index (χ0n) is 10.5. The molecule has 4 heteroatoms. The Hall–Kier alpha value is -3.06. The molecule has 0 spiro atoms. The molecule has 20 heavy (non-hydrogen) atoms. The highest BCUT2D eigenvalue weighted by atomic mass is 16.5. The summed E-state index contributed by atoms with van der Waals surface area (Å²) in [6.07, 6.45) is 2.86. The van der Waals surface area contributed by atoms with Gasteiger partial charge in [0.15, 0.2) is 0 Å². The molecule has 2 aromatic carbocycles. The van der Waals surface area contributed by atoms with Crippen molar-refractivity contribution in [3.63, 3.8) is 0 Å². The maximum Gasteiger partial charge on any atom is 0.336 e. The maximum atomic E-state index is 11.6. The number of nitriles is 1. The number of carbonyl (C=O) groups is 1. The fraction of sp³-hybridized carbons (Fsp3) is 0. The van der Waals surface area contributed by atoms with E-state index >= 15 is 0 Å². The highest BCUT2D eigenvalue weighted by molar-refractivity contribution is 5.88. The van der Waals surface area contributed by atoms with E-state index in [0.717, 1.165) is 5.56 Å². The molecule has 0 unspecified atom stereocenters. The lowest BCUT2D eigenvalue weighted by molar-refractivity contribution is -0.128. The summed E-state index contributed by atoms with van der Waals surface area (Å²) >= 11 is 0. The molecular weight excluding hydrogens is 254 g/mol. The molecule has 0 saturated heterocycles. The van der Waals surface area contributed by atoms with Crippen LogP contribution in [0.3, 0.4) is 0 Å². The molecule has 0 aromatic heterocycles. The fourth-order valence-electron chi connectivity index (χ4n) is 1.53. The smallest absolute Gasteiger partial charge is 0.336 e. The summed E-state index contributed by atoms with van der Waals surface area (Å²) in [5, 5.41) is 17.9. The molecule has 0 amide bonds. The zero-order chi connectivity index (χ0) is 14.4. The molecule has 0 atom stereocenters. The second-order valence-electron chi connectivity index (χ2n) is 3.99. The Balaban J connectivity index is 2.02. The van der Waals surface area contributed by atoms with Crippen LogP contribution in [0.2, 0.25) is 0 Å². The summed E-state index contributed by atoms with van der Waals surface area (Å²) < 4.78 is 5.08. The normalized spacial score (nSPS) is 10.2. The number of esters is 1. The first-order valence-electron chi connectivity index (χ1n) is 5.86. The number of hydrogen-bond acceptors (Lipinski definition) is 4. The Labute approximate surface area is 116 Å². The molecular formula is C16H11NO3. The first kappa shape index (κ1) is 13.4. The van der Waals surface area contributed by atoms with Crippen molar-refractivity contribution in [1.82, 2.24) is 0 Å². The van der Waals surface area contributed by atoms with Gasteiger partial charge in [0.2, 0.25) is 0 Å². The number of phenols is 1. The standard InChI is InChI=1S/C16H11NO3/c17-11-13-2-1-3-15(10-13)20-16(19)9-6-12-4-7-14(18)8-5-12/h1-10,18H/b9-6+. The predicted molar refractivity (Wildman–Crippen MR) is 73.9 cm³/mol. The van der Waals surface area contributed by atoms with Gasteiger partial charge in [-0.25, -0.2) is 4.79 Å². The van der Waals surface area contributed by atoms with Crippen molar-refractivity contribution in [2.75, 3.05) is 0 Å². The summed E-state index contributed by atoms with van der Waals surface area (Å²) in [4.78, 5) is 11.6. The largest absolute Gasteiger partial charge is 0.508 e. The number of rotatable bonds is 3. The van der Waals surface area contributed by atoms with Crippen LogP contribution in [0.25, 0.3) is 6.08 Å². The highest BCUT2D eigenvalue weighted by Crippen LogP contribution is 2.14. The Morgan fingerprint density at radius 3 is 2.65 bits per heavy atom. The summed E-state index contributed by atoms with van der Waals surface area (Å²) in [5.41, 5.74) is 1.20. The van der Waals surface area contributed by atoms with Gasteiger partial charge >= 0.3 is 5.97 Å². The lowest BCUT2D eigenvalue weighted by Gasteiger charge is -2.01. The third-order valence-electron chi connectivity index (χ3n) is 2.49. The van der Waals surface area contributed by atoms with Gasteiger partial charge in [0.25, 0.3) is 0 Å². The highest BCUT2D eigenvalue weighted by Gasteiger charge is 2.01. The maximum absolute atomic E-state index is 11.6. The number of carbonyl (C=O) groups excluding carboxylic acids is 1. The Morgan fingerprint density at radius 1 is 1.20 bits per heavy atom. The van der Waals surface area contributed by atoms with Crippen LogP contribution in [0.5, 0.6) is 11.5 Å². The van der Waals surface area contributed by atoms with Gasteiger partial charge in [-0.2, -0.15) is 5.26 Å². The number of benzene rings is 2. The third kappa shape index (κ3) is 3.72.